The Morgan fingerprint density at radius 2 is 1.48 bits per heavy atom. The molecule has 1 atom stereocenters. The van der Waals surface area contributed by atoms with Crippen molar-refractivity contribution in [1.29, 1.82) is 0 Å². The summed E-state index contributed by atoms with van der Waals surface area (Å²) in [5, 5.41) is 2.93. The molecule has 0 aromatic heterocycles. The van der Waals surface area contributed by atoms with Gasteiger partial charge in [-0.15, -0.1) is 0 Å². The van der Waals surface area contributed by atoms with E-state index in [-0.39, 0.29) is 16.8 Å². The Hall–Kier alpha value is -3.16. The smallest absolute Gasteiger partial charge is 0.241 e. The number of carbonyl (C=O) groups excluding carboxylic acids is 1. The molecule has 0 heterocycles. The maximum Gasteiger partial charge on any atom is 0.241 e. The van der Waals surface area contributed by atoms with Gasteiger partial charge in [-0.25, -0.2) is 13.1 Å². The summed E-state index contributed by atoms with van der Waals surface area (Å²) in [7, 11) is -2.01. The van der Waals surface area contributed by atoms with Gasteiger partial charge in [0, 0.05) is 19.0 Å². The maximum absolute atomic E-state index is 12.7. The first-order chi connectivity index (χ1) is 15.9. The second-order valence-electron chi connectivity index (χ2n) is 7.85. The quantitative estimate of drug-likeness (QED) is 0.447. The molecule has 0 saturated carbocycles. The molecule has 0 saturated heterocycles. The van der Waals surface area contributed by atoms with Gasteiger partial charge in [-0.3, -0.25) is 4.79 Å². The maximum atomic E-state index is 12.7. The fourth-order valence-electron chi connectivity index (χ4n) is 3.43. The van der Waals surface area contributed by atoms with Crippen LogP contribution in [-0.4, -0.2) is 28.0 Å². The molecule has 0 bridgehead atoms. The predicted octanol–water partition coefficient (Wildman–Crippen LogP) is 4.03. The fraction of sp³-hybridized carbons (Fsp3) is 0.269. The Balaban J connectivity index is 1.45. The number of aryl methyl sites for hydroxylation is 1. The van der Waals surface area contributed by atoms with E-state index in [2.05, 4.69) is 10.0 Å². The van der Waals surface area contributed by atoms with Gasteiger partial charge < -0.3 is 10.1 Å². The highest BCUT2D eigenvalue weighted by molar-refractivity contribution is 7.89. The molecular weight excluding hydrogens is 436 g/mol. The number of ether oxygens (including phenoxy) is 1. The summed E-state index contributed by atoms with van der Waals surface area (Å²) in [6.07, 6.45) is 1.64. The number of carbonyl (C=O) groups is 1. The van der Waals surface area contributed by atoms with Gasteiger partial charge in [0.25, 0.3) is 0 Å². The van der Waals surface area contributed by atoms with Crippen LogP contribution in [0.25, 0.3) is 0 Å². The molecule has 0 unspecified atom stereocenters. The van der Waals surface area contributed by atoms with Crippen molar-refractivity contribution in [3.63, 3.8) is 0 Å². The Labute approximate surface area is 196 Å². The summed E-state index contributed by atoms with van der Waals surface area (Å²) >= 11 is 0. The number of nitrogens with one attached hydrogen (secondary N) is 2. The normalized spacial score (nSPS) is 12.2. The van der Waals surface area contributed by atoms with E-state index in [1.54, 1.807) is 31.4 Å². The first kappa shape index (κ1) is 24.5. The highest BCUT2D eigenvalue weighted by atomic mass is 32.2. The molecule has 1 amide bonds. The average molecular weight is 467 g/mol. The second kappa shape index (κ2) is 11.6. The summed E-state index contributed by atoms with van der Waals surface area (Å²) in [6.45, 7) is 2.38. The molecule has 0 spiro atoms. The number of methoxy groups -OCH3 is 1. The Morgan fingerprint density at radius 1 is 0.879 bits per heavy atom. The number of sulfonamides is 1. The molecule has 6 nitrogen and oxygen atoms in total. The van der Waals surface area contributed by atoms with Crippen molar-refractivity contribution in [3.8, 4) is 5.75 Å². The summed E-state index contributed by atoms with van der Waals surface area (Å²) in [5.74, 6) is 0.779. The standard InChI is InChI=1S/C26H30N2O4S/c1-20(23-6-4-3-5-7-23)28-33(30,31)25-15-10-21(11-16-25)12-17-26(29)27-19-18-22-8-13-24(32-2)14-9-22/h3-11,13-16,20,28H,12,17-19H2,1-2H3,(H,27,29)/t20-/m0/s1. The summed E-state index contributed by atoms with van der Waals surface area (Å²) < 4.78 is 33.2. The molecule has 3 aromatic rings. The van der Waals surface area contributed by atoms with Crippen LogP contribution in [0.2, 0.25) is 0 Å². The van der Waals surface area contributed by atoms with Gasteiger partial charge in [-0.1, -0.05) is 54.6 Å². The molecule has 0 radical (unpaired) electrons. The topological polar surface area (TPSA) is 84.5 Å². The minimum Gasteiger partial charge on any atom is -0.497 e. The molecule has 174 valence electrons. The van der Waals surface area contributed by atoms with E-state index in [1.165, 1.54) is 0 Å². The van der Waals surface area contributed by atoms with E-state index in [0.717, 1.165) is 28.9 Å². The Bertz CT molecular complexity index is 1130. The van der Waals surface area contributed by atoms with Crippen molar-refractivity contribution >= 4 is 15.9 Å². The molecule has 0 aliphatic carbocycles. The highest BCUT2D eigenvalue weighted by Gasteiger charge is 2.18. The molecule has 3 aromatic carbocycles. The summed E-state index contributed by atoms with van der Waals surface area (Å²) in [6, 6.07) is 23.5. The third-order valence-corrected chi connectivity index (χ3v) is 6.96. The van der Waals surface area contributed by atoms with Crippen LogP contribution in [0.4, 0.5) is 0 Å². The lowest BCUT2D eigenvalue weighted by Crippen LogP contribution is -2.27. The number of hydrogen-bond acceptors (Lipinski definition) is 4. The minimum absolute atomic E-state index is 0.0291. The SMILES string of the molecule is COc1ccc(CCNC(=O)CCc2ccc(S(=O)(=O)N[C@@H](C)c3ccccc3)cc2)cc1. The zero-order valence-electron chi connectivity index (χ0n) is 19.0. The second-order valence-corrected chi connectivity index (χ2v) is 9.56. The van der Waals surface area contributed by atoms with Crippen LogP contribution in [0.5, 0.6) is 5.75 Å². The number of benzene rings is 3. The van der Waals surface area contributed by atoms with Crippen LogP contribution in [0.3, 0.4) is 0 Å². The number of rotatable bonds is 11. The third-order valence-electron chi connectivity index (χ3n) is 5.40. The molecular formula is C26H30N2O4S. The minimum atomic E-state index is -3.64. The van der Waals surface area contributed by atoms with E-state index in [1.807, 2.05) is 61.5 Å². The van der Waals surface area contributed by atoms with Gasteiger partial charge in [-0.05, 0) is 60.7 Å². The lowest BCUT2D eigenvalue weighted by atomic mass is 10.1. The number of amides is 1. The van der Waals surface area contributed by atoms with Gasteiger partial charge in [0.15, 0.2) is 0 Å². The Morgan fingerprint density at radius 3 is 2.12 bits per heavy atom. The predicted molar refractivity (Wildman–Crippen MR) is 130 cm³/mol. The lowest BCUT2D eigenvalue weighted by Gasteiger charge is -2.15. The van der Waals surface area contributed by atoms with Gasteiger partial charge in [0.05, 0.1) is 12.0 Å². The molecule has 2 N–H and O–H groups in total. The van der Waals surface area contributed by atoms with Crippen molar-refractivity contribution in [2.75, 3.05) is 13.7 Å². The van der Waals surface area contributed by atoms with Crippen molar-refractivity contribution in [2.45, 2.75) is 37.1 Å². The van der Waals surface area contributed by atoms with Crippen LogP contribution >= 0.6 is 0 Å². The van der Waals surface area contributed by atoms with Crippen LogP contribution in [0.1, 0.15) is 36.1 Å². The van der Waals surface area contributed by atoms with E-state index in [4.69, 9.17) is 4.74 Å². The first-order valence-electron chi connectivity index (χ1n) is 10.9. The molecule has 0 aliphatic rings. The lowest BCUT2D eigenvalue weighted by molar-refractivity contribution is -0.121. The van der Waals surface area contributed by atoms with Gasteiger partial charge in [0.2, 0.25) is 15.9 Å². The molecule has 7 heteroatoms. The van der Waals surface area contributed by atoms with Crippen LogP contribution in [0, 0.1) is 0 Å². The van der Waals surface area contributed by atoms with Gasteiger partial charge in [-0.2, -0.15) is 0 Å². The molecule has 0 aliphatic heterocycles. The molecule has 3 rings (SSSR count). The fourth-order valence-corrected chi connectivity index (χ4v) is 4.66. The summed E-state index contributed by atoms with van der Waals surface area (Å²) in [5.41, 5.74) is 2.94. The van der Waals surface area contributed by atoms with E-state index < -0.39 is 10.0 Å². The van der Waals surface area contributed by atoms with Crippen molar-refractivity contribution in [2.24, 2.45) is 0 Å². The van der Waals surface area contributed by atoms with Crippen molar-refractivity contribution in [3.05, 3.63) is 95.6 Å². The third kappa shape index (κ3) is 7.44. The van der Waals surface area contributed by atoms with E-state index in [9.17, 15) is 13.2 Å². The first-order valence-corrected chi connectivity index (χ1v) is 12.4. The van der Waals surface area contributed by atoms with Crippen LogP contribution in [-0.2, 0) is 27.7 Å². The highest BCUT2D eigenvalue weighted by Crippen LogP contribution is 2.18. The Kier molecular flexibility index (Phi) is 8.63. The molecule has 0 fully saturated rings. The van der Waals surface area contributed by atoms with Crippen LogP contribution < -0.4 is 14.8 Å². The van der Waals surface area contributed by atoms with Crippen LogP contribution in [0.15, 0.2) is 83.8 Å². The molecule has 33 heavy (non-hydrogen) atoms. The van der Waals surface area contributed by atoms with E-state index in [0.29, 0.717) is 19.4 Å². The van der Waals surface area contributed by atoms with Gasteiger partial charge >= 0.3 is 0 Å². The van der Waals surface area contributed by atoms with Crippen molar-refractivity contribution in [1.82, 2.24) is 10.0 Å². The number of hydrogen-bond donors (Lipinski definition) is 2. The summed E-state index contributed by atoms with van der Waals surface area (Å²) in [4.78, 5) is 12.4. The largest absolute Gasteiger partial charge is 0.497 e. The monoisotopic (exact) mass is 466 g/mol. The van der Waals surface area contributed by atoms with Crippen molar-refractivity contribution < 1.29 is 17.9 Å². The van der Waals surface area contributed by atoms with E-state index >= 15 is 0 Å². The zero-order valence-corrected chi connectivity index (χ0v) is 19.8. The zero-order chi connectivity index (χ0) is 23.7. The van der Waals surface area contributed by atoms with Gasteiger partial charge in [0.1, 0.15) is 5.75 Å². The average Bonchev–Trinajstić information content (AvgIpc) is 2.84.